The van der Waals surface area contributed by atoms with Crippen molar-refractivity contribution in [3.63, 3.8) is 0 Å². The van der Waals surface area contributed by atoms with Crippen molar-refractivity contribution in [2.45, 2.75) is 121 Å². The van der Waals surface area contributed by atoms with Crippen LogP contribution in [0.4, 0.5) is 0 Å². The first-order chi connectivity index (χ1) is 19.9. The minimum Gasteiger partial charge on any atom is -0.314 e. The Morgan fingerprint density at radius 3 is 1.90 bits per heavy atom. The van der Waals surface area contributed by atoms with E-state index in [1.807, 2.05) is 34.6 Å². The lowest BCUT2D eigenvalue weighted by atomic mass is 9.83. The number of aryl methyl sites for hydroxylation is 3. The molecule has 0 aromatic heterocycles. The molecular formula is C40H68N2. The third kappa shape index (κ3) is 17.5. The molecule has 0 radical (unpaired) electrons. The summed E-state index contributed by atoms with van der Waals surface area (Å²) in [5.74, 6) is 0. The molecule has 4 rings (SSSR count). The van der Waals surface area contributed by atoms with E-state index in [-0.39, 0.29) is 5.41 Å². The highest BCUT2D eigenvalue weighted by atomic mass is 15.2. The second-order valence-electron chi connectivity index (χ2n) is 11.7. The summed E-state index contributed by atoms with van der Waals surface area (Å²) < 4.78 is 0. The molecule has 1 unspecified atom stereocenters. The Balaban J connectivity index is 0. The monoisotopic (exact) mass is 577 g/mol. The van der Waals surface area contributed by atoms with E-state index < -0.39 is 0 Å². The van der Waals surface area contributed by atoms with Crippen LogP contribution in [0.15, 0.2) is 72.8 Å². The molecule has 0 amide bonds. The zero-order valence-corrected chi connectivity index (χ0v) is 30.2. The first-order valence-electron chi connectivity index (χ1n) is 16.5. The van der Waals surface area contributed by atoms with Crippen LogP contribution in [0.1, 0.15) is 117 Å². The fourth-order valence-electron chi connectivity index (χ4n) is 4.70. The summed E-state index contributed by atoms with van der Waals surface area (Å²) in [6.07, 6.45) is 8.78. The van der Waals surface area contributed by atoms with Crippen LogP contribution < -0.4 is 5.32 Å². The van der Waals surface area contributed by atoms with Crippen LogP contribution >= 0.6 is 0 Å². The molecule has 1 aliphatic heterocycles. The first kappa shape index (κ1) is 41.7. The smallest absolute Gasteiger partial charge is 0.0192 e. The molecule has 2 heteroatoms. The van der Waals surface area contributed by atoms with Crippen LogP contribution in [0.3, 0.4) is 0 Å². The number of benzene rings is 2. The van der Waals surface area contributed by atoms with Gasteiger partial charge in [0.15, 0.2) is 0 Å². The van der Waals surface area contributed by atoms with Crippen LogP contribution in [-0.4, -0.2) is 37.1 Å². The molecule has 1 aliphatic carbocycles. The number of nitrogens with zero attached hydrogens (tertiary/aromatic N) is 1. The lowest BCUT2D eigenvalue weighted by Gasteiger charge is -2.32. The van der Waals surface area contributed by atoms with Crippen LogP contribution in [0.2, 0.25) is 0 Å². The number of hydrogen-bond donors (Lipinski definition) is 1. The molecule has 238 valence electrons. The van der Waals surface area contributed by atoms with Gasteiger partial charge in [-0.25, -0.2) is 0 Å². The molecule has 1 heterocycles. The predicted octanol–water partition coefficient (Wildman–Crippen LogP) is 11.3. The SMILES string of the molecule is C=CC.CC.CC.CC1=CC(c2ccc(C)cc2)=CCC1.CCN1CCNCC1C.Cc1ccc(C)c(C(C)(C)C)c1. The van der Waals surface area contributed by atoms with Gasteiger partial charge in [0.05, 0.1) is 0 Å². The van der Waals surface area contributed by atoms with Gasteiger partial charge in [0.2, 0.25) is 0 Å². The highest BCUT2D eigenvalue weighted by Crippen LogP contribution is 2.26. The van der Waals surface area contributed by atoms with Crippen molar-refractivity contribution >= 4 is 5.57 Å². The Morgan fingerprint density at radius 1 is 0.929 bits per heavy atom. The number of piperazine rings is 1. The van der Waals surface area contributed by atoms with Crippen LogP contribution in [0.25, 0.3) is 5.57 Å². The summed E-state index contributed by atoms with van der Waals surface area (Å²) in [7, 11) is 0. The number of nitrogens with one attached hydrogen (secondary N) is 1. The zero-order valence-electron chi connectivity index (χ0n) is 30.2. The normalized spacial score (nSPS) is 15.9. The van der Waals surface area contributed by atoms with E-state index in [2.05, 4.69) is 134 Å². The zero-order chi connectivity index (χ0) is 32.7. The van der Waals surface area contributed by atoms with Gasteiger partial charge in [0.1, 0.15) is 0 Å². The van der Waals surface area contributed by atoms with E-state index in [9.17, 15) is 0 Å². The van der Waals surface area contributed by atoms with Crippen molar-refractivity contribution in [1.29, 1.82) is 0 Å². The van der Waals surface area contributed by atoms with Crippen molar-refractivity contribution in [1.82, 2.24) is 10.2 Å². The van der Waals surface area contributed by atoms with Gasteiger partial charge < -0.3 is 5.32 Å². The van der Waals surface area contributed by atoms with E-state index >= 15 is 0 Å². The van der Waals surface area contributed by atoms with Gasteiger partial charge in [0.25, 0.3) is 0 Å². The number of hydrogen-bond acceptors (Lipinski definition) is 2. The Bertz CT molecular complexity index is 1020. The molecule has 0 saturated carbocycles. The average molecular weight is 577 g/mol. The Hall–Kier alpha value is -2.42. The molecule has 42 heavy (non-hydrogen) atoms. The molecule has 2 aromatic rings. The summed E-state index contributed by atoms with van der Waals surface area (Å²) in [5.41, 5.74) is 10.0. The fraction of sp³-hybridized carbons (Fsp3) is 0.550. The predicted molar refractivity (Wildman–Crippen MR) is 195 cm³/mol. The summed E-state index contributed by atoms with van der Waals surface area (Å²) in [4.78, 5) is 2.50. The van der Waals surface area contributed by atoms with E-state index in [0.717, 1.165) is 19.1 Å². The van der Waals surface area contributed by atoms with Gasteiger partial charge in [-0.1, -0.05) is 133 Å². The highest BCUT2D eigenvalue weighted by molar-refractivity contribution is 5.75. The van der Waals surface area contributed by atoms with Gasteiger partial charge in [-0.2, -0.15) is 0 Å². The van der Waals surface area contributed by atoms with Crippen LogP contribution in [-0.2, 0) is 5.41 Å². The quantitative estimate of drug-likeness (QED) is 0.358. The Labute approximate surface area is 263 Å². The molecule has 0 bridgehead atoms. The van der Waals surface area contributed by atoms with Gasteiger partial charge >= 0.3 is 0 Å². The van der Waals surface area contributed by atoms with E-state index in [1.54, 1.807) is 6.08 Å². The van der Waals surface area contributed by atoms with Crippen molar-refractivity contribution < 1.29 is 0 Å². The summed E-state index contributed by atoms with van der Waals surface area (Å²) in [6.45, 7) is 37.9. The lowest BCUT2D eigenvalue weighted by molar-refractivity contribution is 0.183. The molecule has 0 spiro atoms. The van der Waals surface area contributed by atoms with Gasteiger partial charge in [-0.3, -0.25) is 4.90 Å². The lowest BCUT2D eigenvalue weighted by Crippen LogP contribution is -2.49. The van der Waals surface area contributed by atoms with Crippen molar-refractivity contribution in [2.24, 2.45) is 0 Å². The third-order valence-corrected chi connectivity index (χ3v) is 6.94. The molecule has 1 saturated heterocycles. The van der Waals surface area contributed by atoms with Gasteiger partial charge in [0, 0.05) is 25.7 Å². The van der Waals surface area contributed by atoms with Crippen molar-refractivity contribution in [2.75, 3.05) is 26.2 Å². The largest absolute Gasteiger partial charge is 0.314 e. The Morgan fingerprint density at radius 2 is 1.48 bits per heavy atom. The standard InChI is InChI=1S/C14H16.C12H18.C7H16N2.C3H6.2C2H6/c1-11-6-8-13(9-7-11)14-5-3-4-12(2)10-14;1-9-6-7-10(2)11(8-9)12(3,4)5;1-3-9-5-4-8-6-7(9)2;1-3-2;2*1-2/h5-10H,3-4H2,1-2H3;6-8H,1-5H3;7-8H,3-6H2,1-2H3;3H,1H2,2H3;2*1-2H3. The summed E-state index contributed by atoms with van der Waals surface area (Å²) >= 11 is 0. The third-order valence-electron chi connectivity index (χ3n) is 6.94. The average Bonchev–Trinajstić information content (AvgIpc) is 2.98. The van der Waals surface area contributed by atoms with Gasteiger partial charge in [-0.05, 0) is 88.6 Å². The van der Waals surface area contributed by atoms with E-state index in [0.29, 0.717) is 0 Å². The first-order valence-corrected chi connectivity index (χ1v) is 16.5. The number of allylic oxidation sites excluding steroid dienone is 5. The molecule has 2 nitrogen and oxygen atoms in total. The minimum absolute atomic E-state index is 0.274. The minimum atomic E-state index is 0.274. The highest BCUT2D eigenvalue weighted by Gasteiger charge is 2.16. The second kappa shape index (κ2) is 24.1. The van der Waals surface area contributed by atoms with Crippen molar-refractivity contribution in [3.05, 3.63) is 101 Å². The maximum Gasteiger partial charge on any atom is 0.0192 e. The van der Waals surface area contributed by atoms with E-state index in [1.165, 1.54) is 64.9 Å². The van der Waals surface area contributed by atoms with Crippen LogP contribution in [0.5, 0.6) is 0 Å². The van der Waals surface area contributed by atoms with Gasteiger partial charge in [-0.15, -0.1) is 6.58 Å². The number of rotatable bonds is 2. The summed E-state index contributed by atoms with van der Waals surface area (Å²) in [6, 6.07) is 16.2. The fourth-order valence-corrected chi connectivity index (χ4v) is 4.70. The number of likely N-dealkylation sites (N-methyl/N-ethyl adjacent to an activating group) is 1. The summed E-state index contributed by atoms with van der Waals surface area (Å²) in [5, 5.41) is 3.36. The molecule has 1 fully saturated rings. The van der Waals surface area contributed by atoms with Crippen molar-refractivity contribution in [3.8, 4) is 0 Å². The second-order valence-corrected chi connectivity index (χ2v) is 11.7. The topological polar surface area (TPSA) is 15.3 Å². The molecule has 2 aromatic carbocycles. The molecule has 1 N–H and O–H groups in total. The maximum absolute atomic E-state index is 3.36. The van der Waals surface area contributed by atoms with Crippen LogP contribution in [0, 0.1) is 20.8 Å². The molecule has 2 aliphatic rings. The molecule has 1 atom stereocenters. The maximum atomic E-state index is 3.36. The Kier molecular flexibility index (Phi) is 23.9. The van der Waals surface area contributed by atoms with E-state index in [4.69, 9.17) is 0 Å². The molecular weight excluding hydrogens is 508 g/mol.